The molecule has 5 heterocycles. The van der Waals surface area contributed by atoms with Gasteiger partial charge in [0, 0.05) is 82.6 Å². The van der Waals surface area contributed by atoms with Gasteiger partial charge in [0.1, 0.15) is 0 Å². The van der Waals surface area contributed by atoms with E-state index in [0.717, 1.165) is 101 Å². The Kier molecular flexibility index (Phi) is 11.9. The van der Waals surface area contributed by atoms with Gasteiger partial charge >= 0.3 is 0 Å². The molecule has 0 amide bonds. The average Bonchev–Trinajstić information content (AvgIpc) is 0.933. The number of thiophene rings is 1. The van der Waals surface area contributed by atoms with Crippen LogP contribution >= 0.6 is 11.3 Å². The van der Waals surface area contributed by atoms with Crippen molar-refractivity contribution in [2.75, 3.05) is 9.80 Å². The Morgan fingerprint density at radius 2 is 0.630 bits per heavy atom. The number of aromatic nitrogens is 2. The largest absolute Gasteiger partial charge is 0.310 e. The van der Waals surface area contributed by atoms with E-state index in [2.05, 4.69) is 352 Å². The van der Waals surface area contributed by atoms with E-state index >= 15 is 0 Å². The van der Waals surface area contributed by atoms with Gasteiger partial charge in [0.2, 0.25) is 0 Å². The summed E-state index contributed by atoms with van der Waals surface area (Å²) in [6.45, 7) is -0.224. The van der Waals surface area contributed by atoms with Gasteiger partial charge in [-0.15, -0.1) is 11.3 Å². The molecule has 0 saturated carbocycles. The smallest absolute Gasteiger partial charge is 0.252 e. The maximum absolute atomic E-state index is 2.68. The lowest BCUT2D eigenvalue weighted by molar-refractivity contribution is 1.17. The summed E-state index contributed by atoms with van der Waals surface area (Å²) in [7, 11) is 0. The molecule has 3 aromatic heterocycles. The molecule has 0 saturated heterocycles. The second-order valence-corrected chi connectivity index (χ2v) is 25.2. The summed E-state index contributed by atoms with van der Waals surface area (Å²) in [6.07, 6.45) is 0. The first-order chi connectivity index (χ1) is 45.7. The van der Waals surface area contributed by atoms with E-state index in [4.69, 9.17) is 0 Å². The van der Waals surface area contributed by atoms with Crippen molar-refractivity contribution in [2.24, 2.45) is 0 Å². The van der Waals surface area contributed by atoms with Crippen molar-refractivity contribution in [3.05, 3.63) is 333 Å². The fraction of sp³-hybridized carbons (Fsp3) is 0. The third-order valence-electron chi connectivity index (χ3n) is 19.4. The van der Waals surface area contributed by atoms with Crippen molar-refractivity contribution in [1.82, 2.24) is 9.13 Å². The first-order valence-electron chi connectivity index (χ1n) is 31.7. The van der Waals surface area contributed by atoms with Crippen LogP contribution in [0, 0.1) is 0 Å². The van der Waals surface area contributed by atoms with Crippen LogP contribution in [0.1, 0.15) is 0 Å². The summed E-state index contributed by atoms with van der Waals surface area (Å²) < 4.78 is 6.23. The van der Waals surface area contributed by atoms with Crippen LogP contribution in [0.25, 0.3) is 121 Å². The summed E-state index contributed by atoms with van der Waals surface area (Å²) in [4.78, 5) is 5.35. The predicted octanol–water partition coefficient (Wildman–Crippen LogP) is 21.5. The van der Waals surface area contributed by atoms with Gasteiger partial charge in [0.25, 0.3) is 6.71 Å². The topological polar surface area (TPSA) is 16.3 Å². The van der Waals surface area contributed by atoms with Gasteiger partial charge in [-0.2, -0.15) is 0 Å². The van der Waals surface area contributed by atoms with Gasteiger partial charge in [-0.3, -0.25) is 0 Å². The summed E-state index contributed by atoms with van der Waals surface area (Å²) in [5.74, 6) is 0. The number of benzene rings is 14. The number of hydrogen-bond donors (Lipinski definition) is 0. The van der Waals surface area contributed by atoms with Gasteiger partial charge < -0.3 is 18.9 Å². The third-order valence-corrected chi connectivity index (χ3v) is 20.3. The van der Waals surface area contributed by atoms with Crippen LogP contribution in [0.15, 0.2) is 333 Å². The Balaban J connectivity index is 0.999. The highest BCUT2D eigenvalue weighted by atomic mass is 32.1. The Bertz CT molecular complexity index is 5250. The van der Waals surface area contributed by atoms with E-state index in [1.807, 2.05) is 0 Å². The average molecular weight is 1190 g/mol. The fourth-order valence-electron chi connectivity index (χ4n) is 15.4. The molecule has 0 fully saturated rings. The molecule has 14 aromatic carbocycles. The van der Waals surface area contributed by atoms with Crippen LogP contribution in [0.2, 0.25) is 0 Å². The molecule has 0 spiro atoms. The number of nitrogens with zero attached hydrogens (tertiary/aromatic N) is 4. The van der Waals surface area contributed by atoms with Crippen molar-refractivity contribution >= 4 is 122 Å². The first-order valence-corrected chi connectivity index (χ1v) is 32.5. The van der Waals surface area contributed by atoms with E-state index in [9.17, 15) is 0 Å². The lowest BCUT2D eigenvalue weighted by Crippen LogP contribution is -2.61. The molecular formula is C86H55BN4S. The molecule has 0 bridgehead atoms. The quantitative estimate of drug-likeness (QED) is 0.134. The third kappa shape index (κ3) is 8.04. The minimum Gasteiger partial charge on any atom is -0.310 e. The van der Waals surface area contributed by atoms with E-state index in [-0.39, 0.29) is 6.71 Å². The molecule has 0 radical (unpaired) electrons. The Morgan fingerprint density at radius 1 is 0.261 bits per heavy atom. The molecule has 0 aliphatic carbocycles. The van der Waals surface area contributed by atoms with Crippen molar-refractivity contribution in [2.45, 2.75) is 0 Å². The normalized spacial score (nSPS) is 12.5. The first kappa shape index (κ1) is 52.3. The lowest BCUT2D eigenvalue weighted by Gasteiger charge is -2.46. The molecular weight excluding hydrogens is 1130 g/mol. The number of rotatable bonds is 9. The highest BCUT2D eigenvalue weighted by Crippen LogP contribution is 2.54. The van der Waals surface area contributed by atoms with E-state index in [1.54, 1.807) is 11.3 Å². The van der Waals surface area contributed by atoms with Gasteiger partial charge in [-0.05, 0) is 139 Å². The minimum atomic E-state index is -0.224. The number of hydrogen-bond acceptors (Lipinski definition) is 3. The molecule has 2 aliphatic rings. The maximum Gasteiger partial charge on any atom is 0.252 e. The highest BCUT2D eigenvalue weighted by molar-refractivity contribution is 7.17. The Morgan fingerprint density at radius 3 is 1.02 bits per heavy atom. The SMILES string of the molecule is c1ccc(-c2cccc(-c3ccccc3)c2N2c3cc(-n4c5ccccc5c5ccccc54)ccc3B3c4ccc(-n5c6ccccc6c6ccccc65)cc4N(c4c(-c5ccccc5)cccc4-c4ccccc4)c4cc(-c5ccc6sccc6c5)cc2c43)cc1. The minimum absolute atomic E-state index is 0.224. The van der Waals surface area contributed by atoms with E-state index < -0.39 is 0 Å². The number of fused-ring (bicyclic) bond motifs is 11. The van der Waals surface area contributed by atoms with Gasteiger partial charge in [-0.25, -0.2) is 0 Å². The predicted molar refractivity (Wildman–Crippen MR) is 392 cm³/mol. The maximum atomic E-state index is 2.68. The van der Waals surface area contributed by atoms with Crippen molar-refractivity contribution < 1.29 is 0 Å². The van der Waals surface area contributed by atoms with Crippen LogP contribution in [0.5, 0.6) is 0 Å². The zero-order valence-corrected chi connectivity index (χ0v) is 50.8. The second-order valence-electron chi connectivity index (χ2n) is 24.3. The summed E-state index contributed by atoms with van der Waals surface area (Å²) in [5, 5.41) is 8.36. The molecule has 17 aromatic rings. The van der Waals surface area contributed by atoms with E-state index in [1.165, 1.54) is 70.1 Å². The molecule has 0 unspecified atom stereocenters. The van der Waals surface area contributed by atoms with Gasteiger partial charge in [0.15, 0.2) is 0 Å². The zero-order valence-electron chi connectivity index (χ0n) is 50.0. The van der Waals surface area contributed by atoms with Crippen molar-refractivity contribution in [3.8, 4) is 67.0 Å². The molecule has 2 aliphatic heterocycles. The monoisotopic (exact) mass is 1190 g/mol. The number of para-hydroxylation sites is 6. The van der Waals surface area contributed by atoms with Crippen LogP contribution in [0.4, 0.5) is 34.1 Å². The highest BCUT2D eigenvalue weighted by Gasteiger charge is 2.46. The molecule has 0 N–H and O–H groups in total. The standard InChI is InChI=1S/C86H55BN4S/c1-5-23-56(24-6-1)65-35-21-36-66(57-25-7-2-8-26-57)85(65)90-79-54-63(88-75-39-17-13-31-69(75)70-32-14-18-40-76(70)88)44-46-73(79)87-74-47-45-64(89-77-41-19-15-33-71(77)72-34-16-20-42-78(72)89)55-80(74)91(82-53-62(52-81(90)84(82)87)60-43-48-83-61(51-60)49-50-92-83)86-67(58-27-9-3-10-28-58)37-22-38-68(86)59-29-11-4-12-30-59/h1-55H. The summed E-state index contributed by atoms with van der Waals surface area (Å²) in [6, 6.07) is 123. The zero-order chi connectivity index (χ0) is 60.4. The van der Waals surface area contributed by atoms with E-state index in [0.29, 0.717) is 0 Å². The van der Waals surface area contributed by atoms with Crippen LogP contribution in [-0.4, -0.2) is 15.8 Å². The Labute approximate surface area is 537 Å². The number of anilines is 6. The molecule has 428 valence electrons. The van der Waals surface area contributed by atoms with Crippen LogP contribution < -0.4 is 26.2 Å². The summed E-state index contributed by atoms with van der Waals surface area (Å²) in [5.41, 5.74) is 28.7. The molecule has 92 heavy (non-hydrogen) atoms. The van der Waals surface area contributed by atoms with Gasteiger partial charge in [0.05, 0.1) is 33.4 Å². The lowest BCUT2D eigenvalue weighted by atomic mass is 9.33. The molecule has 6 heteroatoms. The summed E-state index contributed by atoms with van der Waals surface area (Å²) >= 11 is 1.79. The van der Waals surface area contributed by atoms with Gasteiger partial charge in [-0.1, -0.05) is 249 Å². The van der Waals surface area contributed by atoms with Crippen molar-refractivity contribution in [1.29, 1.82) is 0 Å². The molecule has 0 atom stereocenters. The molecule has 4 nitrogen and oxygen atoms in total. The van der Waals surface area contributed by atoms with Crippen LogP contribution in [-0.2, 0) is 0 Å². The van der Waals surface area contributed by atoms with Crippen molar-refractivity contribution in [3.63, 3.8) is 0 Å². The molecule has 19 rings (SSSR count). The van der Waals surface area contributed by atoms with Crippen LogP contribution in [0.3, 0.4) is 0 Å². The fourth-order valence-corrected chi connectivity index (χ4v) is 16.2. The second kappa shape index (κ2) is 21.0. The Hall–Kier alpha value is -11.7.